The summed E-state index contributed by atoms with van der Waals surface area (Å²) in [6.45, 7) is 3.51. The molecule has 2 fully saturated rings. The summed E-state index contributed by atoms with van der Waals surface area (Å²) in [5, 5.41) is 0. The van der Waals surface area contributed by atoms with E-state index in [2.05, 4.69) is 9.64 Å². The molecule has 152 valence electrons. The highest BCUT2D eigenvalue weighted by atomic mass is 32.2. The predicted octanol–water partition coefficient (Wildman–Crippen LogP) is 2.46. The molecule has 0 N–H and O–H groups in total. The van der Waals surface area contributed by atoms with Gasteiger partial charge in [-0.05, 0) is 37.9 Å². The van der Waals surface area contributed by atoms with Gasteiger partial charge in [0.25, 0.3) is 0 Å². The van der Waals surface area contributed by atoms with Crippen molar-refractivity contribution in [3.63, 3.8) is 0 Å². The largest absolute Gasteiger partial charge is 0.573 e. The van der Waals surface area contributed by atoms with Gasteiger partial charge in [0, 0.05) is 38.9 Å². The molecule has 0 aromatic heterocycles. The van der Waals surface area contributed by atoms with Crippen LogP contribution < -0.4 is 4.74 Å². The van der Waals surface area contributed by atoms with Crippen molar-refractivity contribution in [1.82, 2.24) is 9.21 Å². The topological polar surface area (TPSA) is 59.1 Å². The third kappa shape index (κ3) is 5.56. The lowest BCUT2D eigenvalue weighted by molar-refractivity contribution is -0.274. The van der Waals surface area contributed by atoms with Gasteiger partial charge < -0.3 is 9.47 Å². The van der Waals surface area contributed by atoms with Gasteiger partial charge in [0.1, 0.15) is 5.75 Å². The van der Waals surface area contributed by atoms with Crippen LogP contribution >= 0.6 is 0 Å². The van der Waals surface area contributed by atoms with E-state index < -0.39 is 22.1 Å². The molecule has 1 aromatic carbocycles. The quantitative estimate of drug-likeness (QED) is 0.749. The Morgan fingerprint density at radius 2 is 1.96 bits per heavy atom. The van der Waals surface area contributed by atoms with Crippen LogP contribution in [0.5, 0.6) is 5.75 Å². The SMILES string of the molecule is O=S(=O)(c1cccc(OC(F)(F)F)c1)N1CCCN(C[C@@H]2CCCO2)CC1. The van der Waals surface area contributed by atoms with Gasteiger partial charge in [-0.15, -0.1) is 13.2 Å². The smallest absolute Gasteiger partial charge is 0.406 e. The molecule has 2 aliphatic rings. The van der Waals surface area contributed by atoms with Gasteiger partial charge in [0.15, 0.2) is 0 Å². The molecule has 2 saturated heterocycles. The first-order valence-corrected chi connectivity index (χ1v) is 10.4. The summed E-state index contributed by atoms with van der Waals surface area (Å²) in [5.74, 6) is -0.543. The van der Waals surface area contributed by atoms with E-state index in [1.807, 2.05) is 0 Å². The summed E-state index contributed by atoms with van der Waals surface area (Å²) >= 11 is 0. The van der Waals surface area contributed by atoms with Crippen molar-refractivity contribution < 1.29 is 31.1 Å². The fourth-order valence-electron chi connectivity index (χ4n) is 3.43. The van der Waals surface area contributed by atoms with Gasteiger partial charge in [0.05, 0.1) is 11.0 Å². The molecule has 1 aromatic rings. The van der Waals surface area contributed by atoms with Crippen LogP contribution in [0.1, 0.15) is 19.3 Å². The Hall–Kier alpha value is -1.36. The fraction of sp³-hybridized carbons (Fsp3) is 0.647. The number of rotatable bonds is 5. The molecule has 0 radical (unpaired) electrons. The van der Waals surface area contributed by atoms with Gasteiger partial charge in [-0.1, -0.05) is 6.07 Å². The molecule has 0 amide bonds. The second kappa shape index (κ2) is 8.34. The lowest BCUT2D eigenvalue weighted by Crippen LogP contribution is -2.37. The first-order valence-electron chi connectivity index (χ1n) is 8.94. The van der Waals surface area contributed by atoms with Gasteiger partial charge in [-0.2, -0.15) is 4.31 Å². The van der Waals surface area contributed by atoms with Crippen molar-refractivity contribution in [2.24, 2.45) is 0 Å². The Labute approximate surface area is 156 Å². The van der Waals surface area contributed by atoms with Crippen LogP contribution in [-0.2, 0) is 14.8 Å². The molecule has 2 aliphatic heterocycles. The van der Waals surface area contributed by atoms with Gasteiger partial charge >= 0.3 is 6.36 Å². The lowest BCUT2D eigenvalue weighted by atomic mass is 10.2. The van der Waals surface area contributed by atoms with Crippen LogP contribution in [0.4, 0.5) is 13.2 Å². The van der Waals surface area contributed by atoms with Crippen LogP contribution in [0.25, 0.3) is 0 Å². The first kappa shape index (κ1) is 20.4. The normalized spacial score (nSPS) is 23.3. The summed E-state index contributed by atoms with van der Waals surface area (Å²) in [5.41, 5.74) is 0. The molecule has 2 heterocycles. The molecule has 10 heteroatoms. The monoisotopic (exact) mass is 408 g/mol. The number of nitrogens with zero attached hydrogens (tertiary/aromatic N) is 2. The number of ether oxygens (including phenoxy) is 2. The Morgan fingerprint density at radius 3 is 2.67 bits per heavy atom. The van der Waals surface area contributed by atoms with Crippen LogP contribution in [0.2, 0.25) is 0 Å². The van der Waals surface area contributed by atoms with E-state index in [1.165, 1.54) is 16.4 Å². The van der Waals surface area contributed by atoms with E-state index in [4.69, 9.17) is 4.74 Å². The summed E-state index contributed by atoms with van der Waals surface area (Å²) < 4.78 is 73.7. The van der Waals surface area contributed by atoms with Crippen LogP contribution in [0.3, 0.4) is 0 Å². The Balaban J connectivity index is 1.66. The standard InChI is InChI=1S/C17H23F3N2O4S/c18-17(19,20)26-14-4-1-6-16(12-14)27(23,24)22-8-3-7-21(9-10-22)13-15-5-2-11-25-15/h1,4,6,12,15H,2-3,5,7-11,13H2/t15-/m0/s1. The molecule has 0 saturated carbocycles. The molecule has 0 bridgehead atoms. The average Bonchev–Trinajstić information content (AvgIpc) is 2.97. The molecule has 0 aliphatic carbocycles. The van der Waals surface area contributed by atoms with Crippen LogP contribution in [0.15, 0.2) is 29.2 Å². The minimum atomic E-state index is -4.87. The minimum absolute atomic E-state index is 0.197. The zero-order valence-electron chi connectivity index (χ0n) is 14.8. The number of sulfonamides is 1. The van der Waals surface area contributed by atoms with E-state index in [0.717, 1.165) is 44.7 Å². The molecular formula is C17H23F3N2O4S. The Kier molecular flexibility index (Phi) is 6.29. The molecular weight excluding hydrogens is 385 g/mol. The average molecular weight is 408 g/mol. The molecule has 0 unspecified atom stereocenters. The first-order chi connectivity index (χ1) is 12.7. The van der Waals surface area contributed by atoms with Crippen molar-refractivity contribution in [3.05, 3.63) is 24.3 Å². The molecule has 1 atom stereocenters. The highest BCUT2D eigenvalue weighted by Gasteiger charge is 2.32. The summed E-state index contributed by atoms with van der Waals surface area (Å²) in [6.07, 6.45) is -1.94. The van der Waals surface area contributed by atoms with E-state index in [9.17, 15) is 21.6 Å². The van der Waals surface area contributed by atoms with Crippen molar-refractivity contribution in [2.45, 2.75) is 36.6 Å². The summed E-state index contributed by atoms with van der Waals surface area (Å²) in [4.78, 5) is 1.99. The number of hydrogen-bond acceptors (Lipinski definition) is 5. The van der Waals surface area contributed by atoms with Crippen molar-refractivity contribution in [3.8, 4) is 5.75 Å². The minimum Gasteiger partial charge on any atom is -0.406 e. The summed E-state index contributed by atoms with van der Waals surface area (Å²) in [7, 11) is -3.89. The van der Waals surface area contributed by atoms with Crippen molar-refractivity contribution in [2.75, 3.05) is 39.3 Å². The zero-order valence-corrected chi connectivity index (χ0v) is 15.6. The van der Waals surface area contributed by atoms with Crippen LogP contribution in [-0.4, -0.2) is 69.4 Å². The maximum Gasteiger partial charge on any atom is 0.573 e. The van der Waals surface area contributed by atoms with Crippen molar-refractivity contribution in [1.29, 1.82) is 0 Å². The number of halogens is 3. The van der Waals surface area contributed by atoms with Gasteiger partial charge in [-0.3, -0.25) is 4.90 Å². The third-order valence-corrected chi connectivity index (χ3v) is 6.60. The van der Waals surface area contributed by atoms with E-state index in [0.29, 0.717) is 26.1 Å². The zero-order chi connectivity index (χ0) is 19.5. The number of benzene rings is 1. The maximum absolute atomic E-state index is 12.9. The number of alkyl halides is 3. The fourth-order valence-corrected chi connectivity index (χ4v) is 4.93. The summed E-state index contributed by atoms with van der Waals surface area (Å²) in [6, 6.07) is 4.53. The van der Waals surface area contributed by atoms with Gasteiger partial charge in [-0.25, -0.2) is 8.42 Å². The second-order valence-electron chi connectivity index (χ2n) is 6.72. The second-order valence-corrected chi connectivity index (χ2v) is 8.65. The van der Waals surface area contributed by atoms with Gasteiger partial charge in [0.2, 0.25) is 10.0 Å². The third-order valence-electron chi connectivity index (χ3n) is 4.71. The Bertz CT molecular complexity index is 736. The highest BCUT2D eigenvalue weighted by molar-refractivity contribution is 7.89. The highest BCUT2D eigenvalue weighted by Crippen LogP contribution is 2.27. The van der Waals surface area contributed by atoms with E-state index >= 15 is 0 Å². The van der Waals surface area contributed by atoms with Crippen LogP contribution in [0, 0.1) is 0 Å². The number of hydrogen-bond donors (Lipinski definition) is 0. The lowest BCUT2D eigenvalue weighted by Gasteiger charge is -2.24. The molecule has 0 spiro atoms. The predicted molar refractivity (Wildman–Crippen MR) is 91.9 cm³/mol. The molecule has 6 nitrogen and oxygen atoms in total. The molecule has 3 rings (SSSR count). The van der Waals surface area contributed by atoms with Crippen molar-refractivity contribution >= 4 is 10.0 Å². The maximum atomic E-state index is 12.9. The van der Waals surface area contributed by atoms with E-state index in [1.54, 1.807) is 0 Å². The molecule has 27 heavy (non-hydrogen) atoms. The van der Waals surface area contributed by atoms with E-state index in [-0.39, 0.29) is 11.0 Å². The Morgan fingerprint density at radius 1 is 1.15 bits per heavy atom.